The Hall–Kier alpha value is -2.23. The van der Waals surface area contributed by atoms with Crippen molar-refractivity contribution < 1.29 is 9.13 Å². The molecule has 0 unspecified atom stereocenters. The average Bonchev–Trinajstić information content (AvgIpc) is 2.87. The summed E-state index contributed by atoms with van der Waals surface area (Å²) in [5.74, 6) is 0.674. The third-order valence-corrected chi connectivity index (χ3v) is 3.25. The fourth-order valence-electron chi connectivity index (χ4n) is 2.23. The number of anilines is 2. The number of benzene rings is 2. The molecule has 0 atom stereocenters. The molecule has 0 aromatic heterocycles. The van der Waals surface area contributed by atoms with Crippen molar-refractivity contribution in [1.82, 2.24) is 0 Å². The van der Waals surface area contributed by atoms with Gasteiger partial charge in [0.25, 0.3) is 0 Å². The molecule has 0 bridgehead atoms. The van der Waals surface area contributed by atoms with Crippen LogP contribution in [0.1, 0.15) is 11.1 Å². The first-order valence-corrected chi connectivity index (χ1v) is 6.26. The number of ether oxygens (including phenoxy) is 1. The molecular formula is C15H15FN2O. The zero-order valence-corrected chi connectivity index (χ0v) is 10.4. The van der Waals surface area contributed by atoms with E-state index in [9.17, 15) is 4.39 Å². The molecule has 0 aliphatic carbocycles. The molecule has 0 amide bonds. The van der Waals surface area contributed by atoms with E-state index in [4.69, 9.17) is 10.5 Å². The van der Waals surface area contributed by atoms with Crippen LogP contribution in [-0.2, 0) is 13.0 Å². The lowest BCUT2D eigenvalue weighted by molar-refractivity contribution is 0.357. The SMILES string of the molecule is Nc1ccc(F)cc1NCc1ccc2c(c1)CCO2. The highest BCUT2D eigenvalue weighted by Gasteiger charge is 2.11. The minimum atomic E-state index is -0.293. The molecule has 4 heteroatoms. The topological polar surface area (TPSA) is 47.3 Å². The first-order valence-electron chi connectivity index (χ1n) is 6.26. The van der Waals surface area contributed by atoms with Crippen LogP contribution in [0.4, 0.5) is 15.8 Å². The maximum atomic E-state index is 13.1. The summed E-state index contributed by atoms with van der Waals surface area (Å²) in [5.41, 5.74) is 9.32. The molecule has 2 aromatic carbocycles. The van der Waals surface area contributed by atoms with Crippen molar-refractivity contribution >= 4 is 11.4 Å². The van der Waals surface area contributed by atoms with Crippen LogP contribution in [0.3, 0.4) is 0 Å². The molecule has 0 saturated heterocycles. The summed E-state index contributed by atoms with van der Waals surface area (Å²) in [4.78, 5) is 0. The summed E-state index contributed by atoms with van der Waals surface area (Å²) in [6, 6.07) is 10.4. The maximum absolute atomic E-state index is 13.1. The molecule has 3 N–H and O–H groups in total. The van der Waals surface area contributed by atoms with Crippen LogP contribution < -0.4 is 15.8 Å². The second-order valence-electron chi connectivity index (χ2n) is 4.63. The number of hydrogen-bond donors (Lipinski definition) is 2. The lowest BCUT2D eigenvalue weighted by atomic mass is 10.1. The van der Waals surface area contributed by atoms with Crippen molar-refractivity contribution in [3.8, 4) is 5.75 Å². The Morgan fingerprint density at radius 1 is 1.21 bits per heavy atom. The number of nitrogen functional groups attached to an aromatic ring is 1. The third-order valence-electron chi connectivity index (χ3n) is 3.25. The minimum absolute atomic E-state index is 0.293. The lowest BCUT2D eigenvalue weighted by Crippen LogP contribution is -2.03. The summed E-state index contributed by atoms with van der Waals surface area (Å²) in [6.07, 6.45) is 0.950. The third kappa shape index (κ3) is 2.47. The van der Waals surface area contributed by atoms with Gasteiger partial charge in [0, 0.05) is 13.0 Å². The van der Waals surface area contributed by atoms with Gasteiger partial charge in [-0.25, -0.2) is 4.39 Å². The summed E-state index contributed by atoms with van der Waals surface area (Å²) in [7, 11) is 0. The van der Waals surface area contributed by atoms with Gasteiger partial charge in [0.1, 0.15) is 11.6 Å². The van der Waals surface area contributed by atoms with Gasteiger partial charge in [-0.3, -0.25) is 0 Å². The largest absolute Gasteiger partial charge is 0.493 e. The number of halogens is 1. The van der Waals surface area contributed by atoms with Crippen LogP contribution in [0.15, 0.2) is 36.4 Å². The molecule has 1 aliphatic rings. The molecule has 1 heterocycles. The Kier molecular flexibility index (Phi) is 2.99. The average molecular weight is 258 g/mol. The normalized spacial score (nSPS) is 12.9. The highest BCUT2D eigenvalue weighted by atomic mass is 19.1. The number of hydrogen-bond acceptors (Lipinski definition) is 3. The van der Waals surface area contributed by atoms with Gasteiger partial charge in [0.15, 0.2) is 0 Å². The van der Waals surface area contributed by atoms with Crippen LogP contribution in [0.5, 0.6) is 5.75 Å². The smallest absolute Gasteiger partial charge is 0.125 e. The van der Waals surface area contributed by atoms with Crippen molar-refractivity contribution in [1.29, 1.82) is 0 Å². The van der Waals surface area contributed by atoms with Crippen molar-refractivity contribution in [3.63, 3.8) is 0 Å². The van der Waals surface area contributed by atoms with Gasteiger partial charge < -0.3 is 15.8 Å². The zero-order valence-electron chi connectivity index (χ0n) is 10.4. The van der Waals surface area contributed by atoms with Gasteiger partial charge in [0.2, 0.25) is 0 Å². The monoisotopic (exact) mass is 258 g/mol. The van der Waals surface area contributed by atoms with Gasteiger partial charge in [-0.05, 0) is 35.4 Å². The molecule has 1 aliphatic heterocycles. The predicted octanol–water partition coefficient (Wildman–Crippen LogP) is 2.95. The van der Waals surface area contributed by atoms with Gasteiger partial charge in [-0.15, -0.1) is 0 Å². The van der Waals surface area contributed by atoms with Crippen LogP contribution in [0.25, 0.3) is 0 Å². The van der Waals surface area contributed by atoms with E-state index in [1.165, 1.54) is 17.7 Å². The van der Waals surface area contributed by atoms with Gasteiger partial charge in [-0.2, -0.15) is 0 Å². The summed E-state index contributed by atoms with van der Waals surface area (Å²) in [5, 5.41) is 3.16. The van der Waals surface area contributed by atoms with Crippen LogP contribution in [0, 0.1) is 5.82 Å². The first-order chi connectivity index (χ1) is 9.22. The quantitative estimate of drug-likeness (QED) is 0.832. The molecule has 0 fully saturated rings. The van der Waals surface area contributed by atoms with E-state index >= 15 is 0 Å². The van der Waals surface area contributed by atoms with Gasteiger partial charge in [-0.1, -0.05) is 12.1 Å². The Bertz CT molecular complexity index is 613. The molecule has 98 valence electrons. The Morgan fingerprint density at radius 2 is 2.11 bits per heavy atom. The second-order valence-corrected chi connectivity index (χ2v) is 4.63. The van der Waals surface area contributed by atoms with E-state index in [1.807, 2.05) is 12.1 Å². The van der Waals surface area contributed by atoms with E-state index in [1.54, 1.807) is 6.07 Å². The van der Waals surface area contributed by atoms with Crippen molar-refractivity contribution in [2.45, 2.75) is 13.0 Å². The molecule has 3 rings (SSSR count). The van der Waals surface area contributed by atoms with Gasteiger partial charge in [0.05, 0.1) is 18.0 Å². The number of fused-ring (bicyclic) bond motifs is 1. The summed E-state index contributed by atoms with van der Waals surface area (Å²) >= 11 is 0. The number of nitrogens with two attached hydrogens (primary N) is 1. The molecule has 0 saturated carbocycles. The molecule has 3 nitrogen and oxygen atoms in total. The Labute approximate surface area is 111 Å². The Balaban J connectivity index is 1.74. The fourth-order valence-corrected chi connectivity index (χ4v) is 2.23. The molecule has 19 heavy (non-hydrogen) atoms. The van der Waals surface area contributed by atoms with Crippen molar-refractivity contribution in [2.24, 2.45) is 0 Å². The highest BCUT2D eigenvalue weighted by molar-refractivity contribution is 5.66. The van der Waals surface area contributed by atoms with Crippen molar-refractivity contribution in [3.05, 3.63) is 53.3 Å². The predicted molar refractivity (Wildman–Crippen MR) is 73.8 cm³/mol. The second kappa shape index (κ2) is 4.80. The maximum Gasteiger partial charge on any atom is 0.125 e. The number of rotatable bonds is 3. The summed E-state index contributed by atoms with van der Waals surface area (Å²) < 4.78 is 18.6. The summed E-state index contributed by atoms with van der Waals surface area (Å²) in [6.45, 7) is 1.37. The zero-order chi connectivity index (χ0) is 13.2. The van der Waals surface area contributed by atoms with E-state index in [2.05, 4.69) is 11.4 Å². The van der Waals surface area contributed by atoms with Crippen LogP contribution >= 0.6 is 0 Å². The van der Waals surface area contributed by atoms with Crippen LogP contribution in [-0.4, -0.2) is 6.61 Å². The fraction of sp³-hybridized carbons (Fsp3) is 0.200. The van der Waals surface area contributed by atoms with Crippen LogP contribution in [0.2, 0.25) is 0 Å². The van der Waals surface area contributed by atoms with E-state index in [0.29, 0.717) is 17.9 Å². The van der Waals surface area contributed by atoms with Crippen molar-refractivity contribution in [2.75, 3.05) is 17.7 Å². The number of nitrogens with one attached hydrogen (secondary N) is 1. The lowest BCUT2D eigenvalue weighted by Gasteiger charge is -2.10. The standard InChI is InChI=1S/C15H15FN2O/c16-12-2-3-13(17)14(8-12)18-9-10-1-4-15-11(7-10)5-6-19-15/h1-4,7-8,18H,5-6,9,17H2. The van der Waals surface area contributed by atoms with E-state index < -0.39 is 0 Å². The minimum Gasteiger partial charge on any atom is -0.493 e. The highest BCUT2D eigenvalue weighted by Crippen LogP contribution is 2.26. The van der Waals surface area contributed by atoms with E-state index in [0.717, 1.165) is 24.3 Å². The van der Waals surface area contributed by atoms with E-state index in [-0.39, 0.29) is 5.82 Å². The molecule has 0 radical (unpaired) electrons. The first kappa shape index (κ1) is 11.8. The molecule has 0 spiro atoms. The molecule has 2 aromatic rings. The van der Waals surface area contributed by atoms with Gasteiger partial charge >= 0.3 is 0 Å². The molecular weight excluding hydrogens is 243 g/mol. The Morgan fingerprint density at radius 3 is 3.00 bits per heavy atom.